The van der Waals surface area contributed by atoms with Gasteiger partial charge in [-0.25, -0.2) is 0 Å². The minimum Gasteiger partial charge on any atom is -0.457 e. The van der Waals surface area contributed by atoms with Crippen LogP contribution in [0.3, 0.4) is 0 Å². The highest BCUT2D eigenvalue weighted by atomic mass is 16.5. The van der Waals surface area contributed by atoms with E-state index in [4.69, 9.17) is 10.5 Å². The molecule has 0 aromatic heterocycles. The van der Waals surface area contributed by atoms with Crippen LogP contribution in [0.1, 0.15) is 37.5 Å². The van der Waals surface area contributed by atoms with Crippen molar-refractivity contribution in [1.29, 1.82) is 0 Å². The summed E-state index contributed by atoms with van der Waals surface area (Å²) >= 11 is 0. The summed E-state index contributed by atoms with van der Waals surface area (Å²) < 4.78 is 6.13. The maximum atomic E-state index is 6.13. The molecule has 2 aromatic rings. The first-order chi connectivity index (χ1) is 9.41. The van der Waals surface area contributed by atoms with Gasteiger partial charge in [0.25, 0.3) is 0 Å². The minimum absolute atomic E-state index is 0.0572. The van der Waals surface area contributed by atoms with Crippen LogP contribution in [0, 0.1) is 6.92 Å². The molecular formula is C18H23NO. The highest BCUT2D eigenvalue weighted by Crippen LogP contribution is 2.35. The SMILES string of the molecule is Cc1cc(CN)ccc1Oc1ccccc1C(C)(C)C. The van der Waals surface area contributed by atoms with E-state index < -0.39 is 0 Å². The Kier molecular flexibility index (Phi) is 4.15. The lowest BCUT2D eigenvalue weighted by atomic mass is 9.86. The Hall–Kier alpha value is -1.80. The molecule has 0 saturated carbocycles. The second-order valence-electron chi connectivity index (χ2n) is 6.15. The Morgan fingerprint density at radius 1 is 1.00 bits per heavy atom. The first-order valence-corrected chi connectivity index (χ1v) is 6.99. The maximum Gasteiger partial charge on any atom is 0.131 e. The van der Waals surface area contributed by atoms with Crippen molar-refractivity contribution >= 4 is 0 Å². The zero-order chi connectivity index (χ0) is 14.8. The molecule has 2 heteroatoms. The predicted molar refractivity (Wildman–Crippen MR) is 84.3 cm³/mol. The molecular weight excluding hydrogens is 246 g/mol. The fourth-order valence-electron chi connectivity index (χ4n) is 2.25. The molecule has 0 atom stereocenters. The van der Waals surface area contributed by atoms with Crippen molar-refractivity contribution in [2.75, 3.05) is 0 Å². The van der Waals surface area contributed by atoms with E-state index in [1.165, 1.54) is 5.56 Å². The molecule has 2 aromatic carbocycles. The van der Waals surface area contributed by atoms with Crippen LogP contribution in [-0.2, 0) is 12.0 Å². The zero-order valence-electron chi connectivity index (χ0n) is 12.7. The topological polar surface area (TPSA) is 35.2 Å². The summed E-state index contributed by atoms with van der Waals surface area (Å²) in [4.78, 5) is 0. The van der Waals surface area contributed by atoms with E-state index in [1.54, 1.807) is 0 Å². The highest BCUT2D eigenvalue weighted by Gasteiger charge is 2.19. The van der Waals surface area contributed by atoms with Crippen LogP contribution < -0.4 is 10.5 Å². The largest absolute Gasteiger partial charge is 0.457 e. The van der Waals surface area contributed by atoms with Crippen LogP contribution in [-0.4, -0.2) is 0 Å². The van der Waals surface area contributed by atoms with Crippen molar-refractivity contribution in [3.8, 4) is 11.5 Å². The van der Waals surface area contributed by atoms with Crippen molar-refractivity contribution in [3.63, 3.8) is 0 Å². The maximum absolute atomic E-state index is 6.13. The fraction of sp³-hybridized carbons (Fsp3) is 0.333. The molecule has 0 radical (unpaired) electrons. The van der Waals surface area contributed by atoms with E-state index in [9.17, 15) is 0 Å². The smallest absolute Gasteiger partial charge is 0.131 e. The predicted octanol–water partition coefficient (Wildman–Crippen LogP) is 4.54. The van der Waals surface area contributed by atoms with Gasteiger partial charge in [-0.15, -0.1) is 0 Å². The number of hydrogen-bond donors (Lipinski definition) is 1. The van der Waals surface area contributed by atoms with Crippen molar-refractivity contribution in [3.05, 3.63) is 59.2 Å². The Morgan fingerprint density at radius 3 is 2.30 bits per heavy atom. The van der Waals surface area contributed by atoms with Gasteiger partial charge in [0.2, 0.25) is 0 Å². The first kappa shape index (κ1) is 14.6. The average Bonchev–Trinajstić information content (AvgIpc) is 2.40. The average molecular weight is 269 g/mol. The minimum atomic E-state index is 0.0572. The van der Waals surface area contributed by atoms with Gasteiger partial charge in [-0.1, -0.05) is 51.1 Å². The number of ether oxygens (including phenoxy) is 1. The normalized spacial score (nSPS) is 11.4. The van der Waals surface area contributed by atoms with E-state index in [0.29, 0.717) is 6.54 Å². The van der Waals surface area contributed by atoms with Crippen molar-refractivity contribution in [1.82, 2.24) is 0 Å². The molecule has 0 saturated heterocycles. The standard InChI is InChI=1S/C18H23NO/c1-13-11-14(12-19)9-10-16(13)20-17-8-6-5-7-15(17)18(2,3)4/h5-11H,12,19H2,1-4H3. The number of aryl methyl sites for hydroxylation is 1. The molecule has 0 amide bonds. The van der Waals surface area contributed by atoms with E-state index in [1.807, 2.05) is 31.2 Å². The number of para-hydroxylation sites is 1. The third-order valence-electron chi connectivity index (χ3n) is 3.39. The molecule has 106 valence electrons. The lowest BCUT2D eigenvalue weighted by molar-refractivity contribution is 0.452. The Bertz CT molecular complexity index is 597. The molecule has 2 rings (SSSR count). The lowest BCUT2D eigenvalue weighted by Gasteiger charge is -2.23. The van der Waals surface area contributed by atoms with Gasteiger partial charge in [-0.2, -0.15) is 0 Å². The fourth-order valence-corrected chi connectivity index (χ4v) is 2.25. The second-order valence-corrected chi connectivity index (χ2v) is 6.15. The van der Waals surface area contributed by atoms with Crippen LogP contribution in [0.4, 0.5) is 0 Å². The highest BCUT2D eigenvalue weighted by molar-refractivity contribution is 5.44. The summed E-state index contributed by atoms with van der Waals surface area (Å²) in [6.45, 7) is 9.19. The Labute approximate surface area is 121 Å². The second kappa shape index (κ2) is 5.68. The van der Waals surface area contributed by atoms with Crippen LogP contribution in [0.2, 0.25) is 0 Å². The van der Waals surface area contributed by atoms with E-state index in [-0.39, 0.29) is 5.41 Å². The van der Waals surface area contributed by atoms with Crippen LogP contribution in [0.15, 0.2) is 42.5 Å². The quantitative estimate of drug-likeness (QED) is 0.887. The number of benzene rings is 2. The zero-order valence-corrected chi connectivity index (χ0v) is 12.7. The lowest BCUT2D eigenvalue weighted by Crippen LogP contribution is -2.12. The number of hydrogen-bond acceptors (Lipinski definition) is 2. The van der Waals surface area contributed by atoms with Crippen LogP contribution >= 0.6 is 0 Å². The Morgan fingerprint density at radius 2 is 1.70 bits per heavy atom. The summed E-state index contributed by atoms with van der Waals surface area (Å²) in [5, 5.41) is 0. The first-order valence-electron chi connectivity index (χ1n) is 6.99. The van der Waals surface area contributed by atoms with Gasteiger partial charge in [-0.3, -0.25) is 0 Å². The van der Waals surface area contributed by atoms with Gasteiger partial charge in [0.15, 0.2) is 0 Å². The summed E-state index contributed by atoms with van der Waals surface area (Å²) in [7, 11) is 0. The molecule has 0 heterocycles. The van der Waals surface area contributed by atoms with Crippen molar-refractivity contribution in [2.24, 2.45) is 5.73 Å². The molecule has 20 heavy (non-hydrogen) atoms. The van der Waals surface area contributed by atoms with Gasteiger partial charge in [0.1, 0.15) is 11.5 Å². The van der Waals surface area contributed by atoms with Crippen molar-refractivity contribution < 1.29 is 4.74 Å². The summed E-state index contributed by atoms with van der Waals surface area (Å²) in [6, 6.07) is 14.3. The van der Waals surface area contributed by atoms with Gasteiger partial charge < -0.3 is 10.5 Å². The summed E-state index contributed by atoms with van der Waals surface area (Å²) in [5.74, 6) is 1.81. The molecule has 2 nitrogen and oxygen atoms in total. The van der Waals surface area contributed by atoms with Crippen LogP contribution in [0.5, 0.6) is 11.5 Å². The van der Waals surface area contributed by atoms with Crippen LogP contribution in [0.25, 0.3) is 0 Å². The summed E-state index contributed by atoms with van der Waals surface area (Å²) in [6.07, 6.45) is 0. The molecule has 0 unspecified atom stereocenters. The molecule has 0 spiro atoms. The van der Waals surface area contributed by atoms with Crippen molar-refractivity contribution in [2.45, 2.75) is 39.7 Å². The van der Waals surface area contributed by atoms with E-state index in [2.05, 4.69) is 39.0 Å². The van der Waals surface area contributed by atoms with E-state index >= 15 is 0 Å². The van der Waals surface area contributed by atoms with Gasteiger partial charge >= 0.3 is 0 Å². The molecule has 0 aliphatic rings. The third-order valence-corrected chi connectivity index (χ3v) is 3.39. The monoisotopic (exact) mass is 269 g/mol. The number of nitrogens with two attached hydrogens (primary N) is 1. The van der Waals surface area contributed by atoms with Gasteiger partial charge in [0, 0.05) is 12.1 Å². The summed E-state index contributed by atoms with van der Waals surface area (Å²) in [5.41, 5.74) is 9.16. The van der Waals surface area contributed by atoms with Gasteiger partial charge in [0.05, 0.1) is 0 Å². The number of rotatable bonds is 3. The molecule has 0 fully saturated rings. The van der Waals surface area contributed by atoms with E-state index in [0.717, 1.165) is 22.6 Å². The Balaban J connectivity index is 2.36. The molecule has 0 aliphatic heterocycles. The molecule has 2 N–H and O–H groups in total. The third kappa shape index (κ3) is 3.20. The molecule has 0 bridgehead atoms. The molecule has 0 aliphatic carbocycles. The van der Waals surface area contributed by atoms with Gasteiger partial charge in [-0.05, 0) is 35.6 Å².